The minimum atomic E-state index is -0.603. The first-order valence-electron chi connectivity index (χ1n) is 8.07. The molecule has 26 heavy (non-hydrogen) atoms. The Morgan fingerprint density at radius 1 is 1.19 bits per heavy atom. The first-order chi connectivity index (χ1) is 12.1. The van der Waals surface area contributed by atoms with Crippen molar-refractivity contribution in [3.05, 3.63) is 61.9 Å². The molecule has 0 saturated carbocycles. The number of H-pyrrole nitrogens is 2. The third kappa shape index (κ3) is 5.73. The van der Waals surface area contributed by atoms with Crippen LogP contribution in [0.2, 0.25) is 0 Å². The summed E-state index contributed by atoms with van der Waals surface area (Å²) in [6.07, 6.45) is 1.30. The van der Waals surface area contributed by atoms with Crippen LogP contribution in [0.5, 0.6) is 5.75 Å². The van der Waals surface area contributed by atoms with E-state index in [0.29, 0.717) is 5.69 Å². The van der Waals surface area contributed by atoms with E-state index < -0.39 is 17.2 Å². The van der Waals surface area contributed by atoms with Gasteiger partial charge in [0.25, 0.3) is 5.56 Å². The van der Waals surface area contributed by atoms with Crippen molar-refractivity contribution >= 4 is 12.1 Å². The molecule has 0 aliphatic carbocycles. The highest BCUT2D eigenvalue weighted by atomic mass is 16.5. The SMILES string of the molecule is Cc1[nH]c(=O)[nH]c(=O)c1CC(=O)N/N=C\c1ccc(OC(C)(C)C)cc1. The average Bonchev–Trinajstić information content (AvgIpc) is 2.51. The molecule has 0 aliphatic heterocycles. The maximum absolute atomic E-state index is 11.9. The maximum atomic E-state index is 11.9. The van der Waals surface area contributed by atoms with Gasteiger partial charge in [-0.15, -0.1) is 0 Å². The molecule has 1 aromatic carbocycles. The lowest BCUT2D eigenvalue weighted by Crippen LogP contribution is -2.30. The topological polar surface area (TPSA) is 116 Å². The molecular weight excluding hydrogens is 336 g/mol. The van der Waals surface area contributed by atoms with Crippen molar-refractivity contribution in [1.29, 1.82) is 0 Å². The van der Waals surface area contributed by atoms with E-state index in [1.165, 1.54) is 6.21 Å². The number of nitrogens with zero attached hydrogens (tertiary/aromatic N) is 1. The van der Waals surface area contributed by atoms with Crippen molar-refractivity contribution in [3.8, 4) is 5.75 Å². The third-order valence-electron chi connectivity index (χ3n) is 3.30. The molecule has 0 fully saturated rings. The molecule has 1 aromatic heterocycles. The second kappa shape index (κ2) is 7.81. The lowest BCUT2D eigenvalue weighted by molar-refractivity contribution is -0.120. The summed E-state index contributed by atoms with van der Waals surface area (Å²) in [5, 5.41) is 3.87. The second-order valence-electron chi connectivity index (χ2n) is 6.77. The fraction of sp³-hybridized carbons (Fsp3) is 0.333. The van der Waals surface area contributed by atoms with Crippen LogP contribution in [0.1, 0.15) is 37.6 Å². The van der Waals surface area contributed by atoms with Crippen LogP contribution in [0.4, 0.5) is 0 Å². The van der Waals surface area contributed by atoms with Crippen LogP contribution >= 0.6 is 0 Å². The molecule has 3 N–H and O–H groups in total. The summed E-state index contributed by atoms with van der Waals surface area (Å²) >= 11 is 0. The van der Waals surface area contributed by atoms with Gasteiger partial charge in [-0.1, -0.05) is 0 Å². The van der Waals surface area contributed by atoms with Crippen molar-refractivity contribution < 1.29 is 9.53 Å². The van der Waals surface area contributed by atoms with E-state index in [1.54, 1.807) is 6.92 Å². The third-order valence-corrected chi connectivity index (χ3v) is 3.30. The number of aryl methyl sites for hydroxylation is 1. The van der Waals surface area contributed by atoms with E-state index in [9.17, 15) is 14.4 Å². The molecule has 1 amide bonds. The predicted octanol–water partition coefficient (Wildman–Crippen LogP) is 1.24. The van der Waals surface area contributed by atoms with Gasteiger partial charge in [-0.3, -0.25) is 14.6 Å². The van der Waals surface area contributed by atoms with E-state index in [-0.39, 0.29) is 17.6 Å². The number of rotatable bonds is 5. The van der Waals surface area contributed by atoms with Gasteiger partial charge in [0.1, 0.15) is 11.4 Å². The minimum Gasteiger partial charge on any atom is -0.488 e. The number of aromatic amines is 2. The van der Waals surface area contributed by atoms with Gasteiger partial charge in [-0.2, -0.15) is 5.10 Å². The van der Waals surface area contributed by atoms with Crippen molar-refractivity contribution in [3.63, 3.8) is 0 Å². The number of aromatic nitrogens is 2. The van der Waals surface area contributed by atoms with Crippen LogP contribution in [0.15, 0.2) is 39.0 Å². The lowest BCUT2D eigenvalue weighted by Gasteiger charge is -2.21. The molecule has 0 radical (unpaired) electrons. The lowest BCUT2D eigenvalue weighted by atomic mass is 10.1. The fourth-order valence-electron chi connectivity index (χ4n) is 2.19. The predicted molar refractivity (Wildman–Crippen MR) is 98.7 cm³/mol. The van der Waals surface area contributed by atoms with Gasteiger partial charge in [0, 0.05) is 11.3 Å². The van der Waals surface area contributed by atoms with Gasteiger partial charge in [0.15, 0.2) is 0 Å². The number of nitrogens with one attached hydrogen (secondary N) is 3. The molecule has 8 nitrogen and oxygen atoms in total. The number of hydrazone groups is 1. The first-order valence-corrected chi connectivity index (χ1v) is 8.07. The Morgan fingerprint density at radius 3 is 2.42 bits per heavy atom. The van der Waals surface area contributed by atoms with Crippen LogP contribution in [-0.2, 0) is 11.2 Å². The van der Waals surface area contributed by atoms with Gasteiger partial charge in [0.2, 0.25) is 5.91 Å². The Hall–Kier alpha value is -3.16. The summed E-state index contributed by atoms with van der Waals surface area (Å²) in [6, 6.07) is 7.26. The number of ether oxygens (including phenoxy) is 1. The fourth-order valence-corrected chi connectivity index (χ4v) is 2.19. The molecule has 0 atom stereocenters. The van der Waals surface area contributed by atoms with Crippen LogP contribution in [-0.4, -0.2) is 27.7 Å². The number of carbonyl (C=O) groups is 1. The van der Waals surface area contributed by atoms with Crippen molar-refractivity contribution in [2.45, 2.75) is 39.7 Å². The van der Waals surface area contributed by atoms with Crippen molar-refractivity contribution in [1.82, 2.24) is 15.4 Å². The summed E-state index contributed by atoms with van der Waals surface area (Å²) in [5.41, 5.74) is 2.22. The van der Waals surface area contributed by atoms with Gasteiger partial charge < -0.3 is 9.72 Å². The summed E-state index contributed by atoms with van der Waals surface area (Å²) < 4.78 is 5.72. The largest absolute Gasteiger partial charge is 0.488 e. The highest BCUT2D eigenvalue weighted by molar-refractivity contribution is 5.83. The summed E-state index contributed by atoms with van der Waals surface area (Å²) in [6.45, 7) is 7.46. The Labute approximate surface area is 150 Å². The Balaban J connectivity index is 1.95. The molecule has 0 aliphatic rings. The molecule has 8 heteroatoms. The standard InChI is InChI=1S/C18H22N4O4/c1-11-14(16(24)21-17(25)20-11)9-15(23)22-19-10-12-5-7-13(8-6-12)26-18(2,3)4/h5-8,10H,9H2,1-4H3,(H,22,23)(H2,20,21,24,25)/b19-10-. The molecule has 0 bridgehead atoms. The Bertz CT molecular complexity index is 918. The quantitative estimate of drug-likeness (QED) is 0.551. The molecule has 0 spiro atoms. The zero-order valence-corrected chi connectivity index (χ0v) is 15.2. The van der Waals surface area contributed by atoms with E-state index in [2.05, 4.69) is 20.5 Å². The number of carbonyl (C=O) groups excluding carboxylic acids is 1. The van der Waals surface area contributed by atoms with Crippen LogP contribution < -0.4 is 21.4 Å². The number of amides is 1. The Morgan fingerprint density at radius 2 is 1.85 bits per heavy atom. The van der Waals surface area contributed by atoms with E-state index in [4.69, 9.17) is 4.74 Å². The monoisotopic (exact) mass is 358 g/mol. The molecule has 138 valence electrons. The minimum absolute atomic E-state index is 0.187. The molecule has 0 saturated heterocycles. The molecule has 0 unspecified atom stereocenters. The van der Waals surface area contributed by atoms with E-state index in [0.717, 1.165) is 11.3 Å². The maximum Gasteiger partial charge on any atom is 0.325 e. The van der Waals surface area contributed by atoms with Crippen LogP contribution in [0.3, 0.4) is 0 Å². The molecule has 1 heterocycles. The van der Waals surface area contributed by atoms with Crippen LogP contribution in [0, 0.1) is 6.92 Å². The highest BCUT2D eigenvalue weighted by Crippen LogP contribution is 2.17. The van der Waals surface area contributed by atoms with Crippen LogP contribution in [0.25, 0.3) is 0 Å². The van der Waals surface area contributed by atoms with Crippen molar-refractivity contribution in [2.24, 2.45) is 5.10 Å². The first kappa shape index (κ1) is 19.2. The molecule has 2 aromatic rings. The second-order valence-corrected chi connectivity index (χ2v) is 6.77. The van der Waals surface area contributed by atoms with E-state index in [1.807, 2.05) is 45.0 Å². The Kier molecular flexibility index (Phi) is 5.76. The van der Waals surface area contributed by atoms with Gasteiger partial charge in [-0.05, 0) is 57.5 Å². The average molecular weight is 358 g/mol. The zero-order chi connectivity index (χ0) is 19.3. The normalized spacial score (nSPS) is 11.5. The number of hydrogen-bond acceptors (Lipinski definition) is 5. The van der Waals surface area contributed by atoms with Gasteiger partial charge >= 0.3 is 5.69 Å². The zero-order valence-electron chi connectivity index (χ0n) is 15.2. The highest BCUT2D eigenvalue weighted by Gasteiger charge is 2.12. The van der Waals surface area contributed by atoms with Gasteiger partial charge in [0.05, 0.1) is 12.6 Å². The summed E-state index contributed by atoms with van der Waals surface area (Å²) in [5.74, 6) is 0.279. The van der Waals surface area contributed by atoms with Crippen molar-refractivity contribution in [2.75, 3.05) is 0 Å². The summed E-state index contributed by atoms with van der Waals surface area (Å²) in [4.78, 5) is 39.3. The van der Waals surface area contributed by atoms with Gasteiger partial charge in [-0.25, -0.2) is 10.2 Å². The smallest absolute Gasteiger partial charge is 0.325 e. The number of benzene rings is 1. The summed E-state index contributed by atoms with van der Waals surface area (Å²) in [7, 11) is 0. The molecule has 2 rings (SSSR count). The number of hydrogen-bond donors (Lipinski definition) is 3. The molecular formula is C18H22N4O4. The van der Waals surface area contributed by atoms with E-state index >= 15 is 0 Å².